The van der Waals surface area contributed by atoms with Crippen LogP contribution in [0.3, 0.4) is 0 Å². The Bertz CT molecular complexity index is 592. The normalized spacial score (nSPS) is 12.7. The minimum Gasteiger partial charge on any atom is -0.623 e. The molecule has 1 aromatic carbocycles. The number of aromatic nitrogens is 2. The zero-order valence-electron chi connectivity index (χ0n) is 11.8. The molecular weight excluding hydrogens is 238 g/mol. The van der Waals surface area contributed by atoms with Gasteiger partial charge in [0.25, 0.3) is 0 Å². The Kier molecular flexibility index (Phi) is 3.42. The maximum Gasteiger partial charge on any atom is 0.202 e. The van der Waals surface area contributed by atoms with Crippen molar-refractivity contribution in [1.82, 2.24) is 9.55 Å². The average molecular weight is 257 g/mol. The SMILES string of the molecule is Cn1cc(/C=[N+](\[O-])C(C)(C)C)nc1-c1ccccc1. The first-order chi connectivity index (χ1) is 8.88. The van der Waals surface area contributed by atoms with E-state index in [4.69, 9.17) is 0 Å². The predicted octanol–water partition coefficient (Wildman–Crippen LogP) is 2.81. The summed E-state index contributed by atoms with van der Waals surface area (Å²) in [5, 5.41) is 11.9. The van der Waals surface area contributed by atoms with E-state index in [2.05, 4.69) is 4.98 Å². The number of benzene rings is 1. The second-order valence-electron chi connectivity index (χ2n) is 5.59. The summed E-state index contributed by atoms with van der Waals surface area (Å²) in [5.41, 5.74) is 1.26. The molecule has 0 saturated heterocycles. The zero-order valence-corrected chi connectivity index (χ0v) is 11.8. The van der Waals surface area contributed by atoms with Gasteiger partial charge in [-0.2, -0.15) is 0 Å². The maximum absolute atomic E-state index is 11.9. The summed E-state index contributed by atoms with van der Waals surface area (Å²) in [6, 6.07) is 9.93. The van der Waals surface area contributed by atoms with Gasteiger partial charge in [-0.25, -0.2) is 9.72 Å². The van der Waals surface area contributed by atoms with Crippen LogP contribution in [0.25, 0.3) is 11.4 Å². The van der Waals surface area contributed by atoms with E-state index in [1.54, 1.807) is 0 Å². The van der Waals surface area contributed by atoms with Crippen LogP contribution in [-0.2, 0) is 7.05 Å². The number of rotatable bonds is 2. The number of imidazole rings is 1. The molecule has 0 fully saturated rings. The maximum atomic E-state index is 11.9. The van der Waals surface area contributed by atoms with Crippen molar-refractivity contribution >= 4 is 6.21 Å². The molecule has 0 radical (unpaired) electrons. The lowest BCUT2D eigenvalue weighted by molar-refractivity contribution is -0.530. The summed E-state index contributed by atoms with van der Waals surface area (Å²) < 4.78 is 2.86. The second kappa shape index (κ2) is 4.88. The Hall–Kier alpha value is -2.10. The van der Waals surface area contributed by atoms with Gasteiger partial charge in [-0.1, -0.05) is 30.3 Å². The lowest BCUT2D eigenvalue weighted by Crippen LogP contribution is -2.29. The van der Waals surface area contributed by atoms with Gasteiger partial charge in [-0.3, -0.25) is 0 Å². The van der Waals surface area contributed by atoms with E-state index in [1.807, 2.05) is 68.9 Å². The summed E-state index contributed by atoms with van der Waals surface area (Å²) in [6.07, 6.45) is 3.39. The van der Waals surface area contributed by atoms with Gasteiger partial charge >= 0.3 is 0 Å². The van der Waals surface area contributed by atoms with Gasteiger partial charge in [0.15, 0.2) is 5.54 Å². The average Bonchev–Trinajstić information content (AvgIpc) is 2.70. The lowest BCUT2D eigenvalue weighted by atomic mass is 10.1. The number of hydroxylamine groups is 1. The van der Waals surface area contributed by atoms with E-state index in [9.17, 15) is 5.21 Å². The van der Waals surface area contributed by atoms with Gasteiger partial charge in [0, 0.05) is 39.6 Å². The van der Waals surface area contributed by atoms with E-state index < -0.39 is 5.54 Å². The fourth-order valence-corrected chi connectivity index (χ4v) is 1.72. The molecular formula is C15H19N3O. The van der Waals surface area contributed by atoms with E-state index in [0.29, 0.717) is 5.69 Å². The van der Waals surface area contributed by atoms with Crippen molar-refractivity contribution in [2.24, 2.45) is 7.05 Å². The number of hydrogen-bond donors (Lipinski definition) is 0. The first kappa shape index (κ1) is 13.3. The molecule has 2 rings (SSSR count). The molecule has 0 amide bonds. The van der Waals surface area contributed by atoms with Crippen molar-refractivity contribution in [3.63, 3.8) is 0 Å². The molecule has 0 aliphatic carbocycles. The molecule has 0 atom stereocenters. The molecule has 0 aliphatic heterocycles. The zero-order chi connectivity index (χ0) is 14.0. The first-order valence-electron chi connectivity index (χ1n) is 6.28. The molecule has 1 heterocycles. The highest BCUT2D eigenvalue weighted by atomic mass is 16.5. The highest BCUT2D eigenvalue weighted by Crippen LogP contribution is 2.17. The number of hydrogen-bond acceptors (Lipinski definition) is 2. The van der Waals surface area contributed by atoms with Gasteiger partial charge in [-0.15, -0.1) is 0 Å². The third-order valence-corrected chi connectivity index (χ3v) is 2.84. The van der Waals surface area contributed by atoms with Crippen LogP contribution in [0.1, 0.15) is 26.5 Å². The van der Waals surface area contributed by atoms with E-state index in [-0.39, 0.29) is 0 Å². The summed E-state index contributed by atoms with van der Waals surface area (Å²) in [5.74, 6) is 0.856. The molecule has 2 aromatic rings. The Balaban J connectivity index is 2.38. The Morgan fingerprint density at radius 1 is 1.21 bits per heavy atom. The van der Waals surface area contributed by atoms with Gasteiger partial charge in [0.1, 0.15) is 11.5 Å². The first-order valence-corrected chi connectivity index (χ1v) is 6.28. The van der Waals surface area contributed by atoms with Crippen LogP contribution < -0.4 is 0 Å². The molecule has 0 spiro atoms. The molecule has 1 aromatic heterocycles. The number of nitrogens with zero attached hydrogens (tertiary/aromatic N) is 3. The summed E-state index contributed by atoms with van der Waals surface area (Å²) >= 11 is 0. The molecule has 100 valence electrons. The van der Waals surface area contributed by atoms with Crippen LogP contribution in [0.2, 0.25) is 0 Å². The van der Waals surface area contributed by atoms with Crippen molar-refractivity contribution in [2.45, 2.75) is 26.3 Å². The standard InChI is InChI=1S/C15H19N3O/c1-15(2,3)18(19)11-13-10-17(4)14(16-13)12-8-6-5-7-9-12/h5-11H,1-4H3/b18-11-. The molecule has 0 N–H and O–H groups in total. The third kappa shape index (κ3) is 3.02. The molecule has 4 nitrogen and oxygen atoms in total. The van der Waals surface area contributed by atoms with Crippen LogP contribution >= 0.6 is 0 Å². The molecule has 0 unspecified atom stereocenters. The third-order valence-electron chi connectivity index (χ3n) is 2.84. The summed E-state index contributed by atoms with van der Waals surface area (Å²) in [7, 11) is 1.93. The van der Waals surface area contributed by atoms with Crippen molar-refractivity contribution < 1.29 is 4.74 Å². The topological polar surface area (TPSA) is 43.9 Å². The highest BCUT2D eigenvalue weighted by molar-refractivity contribution is 5.74. The fraction of sp³-hybridized carbons (Fsp3) is 0.333. The van der Waals surface area contributed by atoms with Gasteiger partial charge in [-0.05, 0) is 0 Å². The fourth-order valence-electron chi connectivity index (χ4n) is 1.72. The quantitative estimate of drug-likeness (QED) is 0.359. The molecule has 0 aliphatic rings. The van der Waals surface area contributed by atoms with Crippen molar-refractivity contribution in [3.05, 3.63) is 47.4 Å². The smallest absolute Gasteiger partial charge is 0.202 e. The molecule has 0 bridgehead atoms. The van der Waals surface area contributed by atoms with Gasteiger partial charge < -0.3 is 9.77 Å². The molecule has 0 saturated carbocycles. The van der Waals surface area contributed by atoms with Crippen molar-refractivity contribution in [1.29, 1.82) is 0 Å². The lowest BCUT2D eigenvalue weighted by Gasteiger charge is -2.17. The van der Waals surface area contributed by atoms with Crippen LogP contribution in [0.15, 0.2) is 36.5 Å². The van der Waals surface area contributed by atoms with Crippen LogP contribution in [0.5, 0.6) is 0 Å². The second-order valence-corrected chi connectivity index (χ2v) is 5.59. The largest absolute Gasteiger partial charge is 0.623 e. The van der Waals surface area contributed by atoms with Crippen molar-refractivity contribution in [2.75, 3.05) is 0 Å². The van der Waals surface area contributed by atoms with E-state index in [0.717, 1.165) is 16.1 Å². The van der Waals surface area contributed by atoms with Crippen LogP contribution in [0.4, 0.5) is 0 Å². The molecule has 19 heavy (non-hydrogen) atoms. The Morgan fingerprint density at radius 3 is 2.42 bits per heavy atom. The predicted molar refractivity (Wildman–Crippen MR) is 77.2 cm³/mol. The van der Waals surface area contributed by atoms with Gasteiger partial charge in [0.05, 0.1) is 0 Å². The van der Waals surface area contributed by atoms with E-state index >= 15 is 0 Å². The summed E-state index contributed by atoms with van der Waals surface area (Å²) in [4.78, 5) is 4.50. The van der Waals surface area contributed by atoms with Crippen LogP contribution in [0, 0.1) is 5.21 Å². The van der Waals surface area contributed by atoms with Gasteiger partial charge in [0.2, 0.25) is 6.21 Å². The summed E-state index contributed by atoms with van der Waals surface area (Å²) in [6.45, 7) is 5.62. The Labute approximate surface area is 113 Å². The molecule has 4 heteroatoms. The van der Waals surface area contributed by atoms with Crippen LogP contribution in [-0.4, -0.2) is 26.0 Å². The van der Waals surface area contributed by atoms with E-state index in [1.165, 1.54) is 6.21 Å². The van der Waals surface area contributed by atoms with Crippen molar-refractivity contribution in [3.8, 4) is 11.4 Å². The monoisotopic (exact) mass is 257 g/mol. The minimum absolute atomic E-state index is 0.454. The minimum atomic E-state index is -0.454. The number of aryl methyl sites for hydroxylation is 1. The Morgan fingerprint density at radius 2 is 1.84 bits per heavy atom. The highest BCUT2D eigenvalue weighted by Gasteiger charge is 2.19.